The van der Waals surface area contributed by atoms with Crippen molar-refractivity contribution < 1.29 is 22.4 Å². The zero-order valence-corrected chi connectivity index (χ0v) is 19.8. The van der Waals surface area contributed by atoms with Crippen molar-refractivity contribution in [2.75, 3.05) is 0 Å². The number of rotatable bonds is 5. The Morgan fingerprint density at radius 1 is 1.09 bits per heavy atom. The molecular formula is C24H25ClFN3O4S. The molecule has 0 aliphatic heterocycles. The van der Waals surface area contributed by atoms with E-state index in [1.54, 1.807) is 24.3 Å². The Morgan fingerprint density at radius 3 is 2.38 bits per heavy atom. The number of primary amides is 1. The minimum atomic E-state index is -4.26. The molecule has 5 N–H and O–H groups in total. The van der Waals surface area contributed by atoms with Gasteiger partial charge >= 0.3 is 0 Å². The smallest absolute Gasteiger partial charge is 0.251 e. The molecule has 7 nitrogen and oxygen atoms in total. The van der Waals surface area contributed by atoms with E-state index in [0.29, 0.717) is 29.9 Å². The van der Waals surface area contributed by atoms with Crippen molar-refractivity contribution in [3.8, 4) is 11.1 Å². The summed E-state index contributed by atoms with van der Waals surface area (Å²) in [6.45, 7) is 0. The molecule has 4 fully saturated rings. The van der Waals surface area contributed by atoms with Crippen molar-refractivity contribution in [3.63, 3.8) is 0 Å². The third kappa shape index (κ3) is 3.79. The predicted octanol–water partition coefficient (Wildman–Crippen LogP) is 3.20. The second kappa shape index (κ2) is 8.03. The fourth-order valence-corrected chi connectivity index (χ4v) is 7.54. The quantitative estimate of drug-likeness (QED) is 0.575. The summed E-state index contributed by atoms with van der Waals surface area (Å²) in [7, 11) is -4.26. The van der Waals surface area contributed by atoms with Crippen LogP contribution in [0, 0.1) is 29.0 Å². The van der Waals surface area contributed by atoms with E-state index < -0.39 is 26.2 Å². The highest BCUT2D eigenvalue weighted by Crippen LogP contribution is 2.59. The summed E-state index contributed by atoms with van der Waals surface area (Å²) >= 11 is 6.11. The fourth-order valence-electron chi connectivity index (χ4n) is 6.60. The van der Waals surface area contributed by atoms with Crippen molar-refractivity contribution in [3.05, 3.63) is 52.8 Å². The molecular weight excluding hydrogens is 481 g/mol. The number of halogens is 2. The van der Waals surface area contributed by atoms with Crippen LogP contribution in [0.25, 0.3) is 11.1 Å². The second-order valence-electron chi connectivity index (χ2n) is 9.98. The van der Waals surface area contributed by atoms with Gasteiger partial charge in [-0.1, -0.05) is 29.8 Å². The van der Waals surface area contributed by atoms with Crippen molar-refractivity contribution in [1.82, 2.24) is 5.32 Å². The molecule has 4 aliphatic rings. The van der Waals surface area contributed by atoms with Gasteiger partial charge in [-0.05, 0) is 73.6 Å². The van der Waals surface area contributed by atoms with E-state index in [9.17, 15) is 22.4 Å². The highest BCUT2D eigenvalue weighted by atomic mass is 35.5. The Bertz CT molecular complexity index is 1300. The molecule has 0 radical (unpaired) electrons. The molecule has 10 heteroatoms. The zero-order chi connectivity index (χ0) is 24.4. The molecule has 2 unspecified atom stereocenters. The van der Waals surface area contributed by atoms with Crippen LogP contribution in [0.3, 0.4) is 0 Å². The number of carbonyl (C=O) groups excluding carboxylic acids is 2. The van der Waals surface area contributed by atoms with Crippen LogP contribution in [-0.4, -0.2) is 26.3 Å². The predicted molar refractivity (Wildman–Crippen MR) is 125 cm³/mol. The third-order valence-corrected chi connectivity index (χ3v) is 9.18. The molecule has 2 aromatic carbocycles. The van der Waals surface area contributed by atoms with Crippen LogP contribution in [0.2, 0.25) is 5.02 Å². The summed E-state index contributed by atoms with van der Waals surface area (Å²) < 4.78 is 37.7. The van der Waals surface area contributed by atoms with Gasteiger partial charge in [0.15, 0.2) is 5.82 Å². The van der Waals surface area contributed by atoms with Crippen molar-refractivity contribution >= 4 is 33.4 Å². The van der Waals surface area contributed by atoms with E-state index in [2.05, 4.69) is 5.32 Å². The average Bonchev–Trinajstić information content (AvgIpc) is 2.76. The van der Waals surface area contributed by atoms with Gasteiger partial charge in [-0.3, -0.25) is 9.59 Å². The van der Waals surface area contributed by atoms with Crippen LogP contribution >= 0.6 is 11.6 Å². The Kier molecular flexibility index (Phi) is 5.50. The van der Waals surface area contributed by atoms with Crippen LogP contribution in [0.4, 0.5) is 4.39 Å². The van der Waals surface area contributed by atoms with E-state index in [1.165, 1.54) is 6.07 Å². The largest absolute Gasteiger partial charge is 0.369 e. The molecule has 0 saturated heterocycles. The molecule has 0 spiro atoms. The summed E-state index contributed by atoms with van der Waals surface area (Å²) in [6.07, 6.45) is 4.26. The van der Waals surface area contributed by atoms with Gasteiger partial charge in [-0.15, -0.1) is 0 Å². The first kappa shape index (κ1) is 23.3. The zero-order valence-electron chi connectivity index (χ0n) is 18.3. The van der Waals surface area contributed by atoms with Gasteiger partial charge in [0.05, 0.1) is 5.02 Å². The number of carbonyl (C=O) groups is 2. The number of sulfonamides is 1. The maximum atomic E-state index is 14.6. The van der Waals surface area contributed by atoms with Gasteiger partial charge in [0.25, 0.3) is 5.91 Å². The van der Waals surface area contributed by atoms with Gasteiger partial charge in [-0.2, -0.15) is 0 Å². The second-order valence-corrected chi connectivity index (χ2v) is 11.9. The highest BCUT2D eigenvalue weighted by Gasteiger charge is 2.58. The topological polar surface area (TPSA) is 132 Å². The highest BCUT2D eigenvalue weighted by molar-refractivity contribution is 7.89. The standard InChI is InChI=1S/C24H25ClFN3O4S/c25-19-17(4-5-18(20(19)26)34(28,32)33)13-2-1-3-14(8-13)22(30)29-21-15-6-12-7-16(21)11-24(9-12,10-15)23(27)31/h1-5,8,12,15-16,21H,6-7,9-11H2,(H2,27,31)(H,29,30)(H2,28,32,33). The lowest BCUT2D eigenvalue weighted by Gasteiger charge is -2.58. The van der Waals surface area contributed by atoms with Crippen LogP contribution in [0.15, 0.2) is 41.3 Å². The normalized spacial score (nSPS) is 29.7. The van der Waals surface area contributed by atoms with Gasteiger partial charge < -0.3 is 11.1 Å². The molecule has 2 atom stereocenters. The molecule has 0 aromatic heterocycles. The monoisotopic (exact) mass is 505 g/mol. The Morgan fingerprint density at radius 2 is 1.76 bits per heavy atom. The molecule has 34 heavy (non-hydrogen) atoms. The number of benzene rings is 2. The van der Waals surface area contributed by atoms with E-state index >= 15 is 0 Å². The molecule has 2 aromatic rings. The van der Waals surface area contributed by atoms with E-state index in [0.717, 1.165) is 25.3 Å². The van der Waals surface area contributed by atoms with Gasteiger partial charge in [0, 0.05) is 22.6 Å². The lowest BCUT2D eigenvalue weighted by molar-refractivity contribution is -0.145. The first-order valence-corrected chi connectivity index (χ1v) is 13.1. The van der Waals surface area contributed by atoms with Crippen LogP contribution < -0.4 is 16.2 Å². The number of nitrogens with two attached hydrogens (primary N) is 2. The van der Waals surface area contributed by atoms with E-state index in [-0.39, 0.29) is 40.3 Å². The molecule has 180 valence electrons. The molecule has 4 aliphatic carbocycles. The van der Waals surface area contributed by atoms with Gasteiger partial charge in [0.2, 0.25) is 15.9 Å². The number of nitrogens with one attached hydrogen (secondary N) is 1. The summed E-state index contributed by atoms with van der Waals surface area (Å²) in [5, 5.41) is 7.82. The molecule has 4 saturated carbocycles. The SMILES string of the molecule is NC(=O)C12CC3CC(C1)C(NC(=O)c1cccc(-c4ccc(S(N)(=O)=O)c(F)c4Cl)c1)C(C3)C2. The average molecular weight is 506 g/mol. The lowest BCUT2D eigenvalue weighted by Crippen LogP contribution is -2.62. The van der Waals surface area contributed by atoms with Crippen molar-refractivity contribution in [2.24, 2.45) is 34.0 Å². The maximum absolute atomic E-state index is 14.6. The summed E-state index contributed by atoms with van der Waals surface area (Å²) in [5.74, 6) is -0.681. The van der Waals surface area contributed by atoms with Gasteiger partial charge in [-0.25, -0.2) is 17.9 Å². The maximum Gasteiger partial charge on any atom is 0.251 e. The van der Waals surface area contributed by atoms with Crippen LogP contribution in [0.1, 0.15) is 42.5 Å². The fraction of sp³-hybridized carbons (Fsp3) is 0.417. The Labute approximate surface area is 202 Å². The summed E-state index contributed by atoms with van der Waals surface area (Å²) in [4.78, 5) is 24.6. The van der Waals surface area contributed by atoms with Crippen LogP contribution in [0.5, 0.6) is 0 Å². The van der Waals surface area contributed by atoms with Crippen molar-refractivity contribution in [2.45, 2.75) is 43.0 Å². The number of hydrogen-bond acceptors (Lipinski definition) is 4. The Balaban J connectivity index is 1.38. The third-order valence-electron chi connectivity index (χ3n) is 7.88. The molecule has 2 amide bonds. The van der Waals surface area contributed by atoms with E-state index in [4.69, 9.17) is 22.5 Å². The summed E-state index contributed by atoms with van der Waals surface area (Å²) in [5.41, 5.74) is 6.42. The first-order chi connectivity index (χ1) is 16.0. The number of amides is 2. The first-order valence-electron chi connectivity index (χ1n) is 11.2. The van der Waals surface area contributed by atoms with Gasteiger partial charge in [0.1, 0.15) is 4.90 Å². The van der Waals surface area contributed by atoms with E-state index in [1.807, 2.05) is 0 Å². The Hall–Kier alpha value is -2.49. The molecule has 4 bridgehead atoms. The summed E-state index contributed by atoms with van der Waals surface area (Å²) in [6, 6.07) is 8.97. The molecule has 6 rings (SSSR count). The number of primary sulfonamides is 1. The van der Waals surface area contributed by atoms with Crippen molar-refractivity contribution in [1.29, 1.82) is 0 Å². The lowest BCUT2D eigenvalue weighted by atomic mass is 9.47. The van der Waals surface area contributed by atoms with Crippen LogP contribution in [-0.2, 0) is 14.8 Å². The number of hydrogen-bond donors (Lipinski definition) is 3. The minimum absolute atomic E-state index is 0.0183. The molecule has 0 heterocycles. The minimum Gasteiger partial charge on any atom is -0.369 e.